The lowest BCUT2D eigenvalue weighted by Crippen LogP contribution is -2.18. The van der Waals surface area contributed by atoms with E-state index in [-0.39, 0.29) is 0 Å². The van der Waals surface area contributed by atoms with Gasteiger partial charge in [0.2, 0.25) is 0 Å². The molecule has 1 N–H and O–H groups in total. The topological polar surface area (TPSA) is 39.7 Å². The van der Waals surface area contributed by atoms with Gasteiger partial charge in [0.05, 0.1) is 20.3 Å². The van der Waals surface area contributed by atoms with Gasteiger partial charge in [-0.05, 0) is 36.5 Å². The summed E-state index contributed by atoms with van der Waals surface area (Å²) in [5, 5.41) is 3.33. The summed E-state index contributed by atoms with van der Waals surface area (Å²) in [5.41, 5.74) is 1.19. The molecular formula is C17H29NO3. The Balaban J connectivity index is 2.50. The van der Waals surface area contributed by atoms with Crippen molar-refractivity contribution in [3.8, 4) is 11.5 Å². The first-order valence-electron chi connectivity index (χ1n) is 7.66. The summed E-state index contributed by atoms with van der Waals surface area (Å²) >= 11 is 0. The van der Waals surface area contributed by atoms with Crippen LogP contribution in [0.1, 0.15) is 32.3 Å². The number of rotatable bonds is 11. The Hall–Kier alpha value is -1.26. The molecule has 1 rings (SSSR count). The lowest BCUT2D eigenvalue weighted by Gasteiger charge is -2.13. The van der Waals surface area contributed by atoms with Crippen LogP contribution in [-0.2, 0) is 11.3 Å². The van der Waals surface area contributed by atoms with Gasteiger partial charge in [-0.3, -0.25) is 0 Å². The molecule has 0 aliphatic carbocycles. The highest BCUT2D eigenvalue weighted by Gasteiger charge is 2.06. The second kappa shape index (κ2) is 10.5. The zero-order chi connectivity index (χ0) is 15.5. The molecule has 4 nitrogen and oxygen atoms in total. The first kappa shape index (κ1) is 17.8. The molecular weight excluding hydrogens is 266 g/mol. The molecule has 0 aromatic heterocycles. The van der Waals surface area contributed by atoms with Gasteiger partial charge >= 0.3 is 0 Å². The predicted octanol–water partition coefficient (Wildman–Crippen LogP) is 3.25. The van der Waals surface area contributed by atoms with E-state index in [2.05, 4.69) is 25.2 Å². The number of nitrogens with one attached hydrogen (secondary N) is 1. The molecule has 21 heavy (non-hydrogen) atoms. The van der Waals surface area contributed by atoms with Crippen molar-refractivity contribution in [1.82, 2.24) is 5.32 Å². The van der Waals surface area contributed by atoms with Crippen LogP contribution < -0.4 is 14.8 Å². The van der Waals surface area contributed by atoms with Crippen LogP contribution in [0.15, 0.2) is 18.2 Å². The number of hydrogen-bond acceptors (Lipinski definition) is 4. The molecule has 0 spiro atoms. The number of ether oxygens (including phenoxy) is 3. The fraction of sp³-hybridized carbons (Fsp3) is 0.647. The lowest BCUT2D eigenvalue weighted by atomic mass is 10.1. The van der Waals surface area contributed by atoms with Crippen molar-refractivity contribution in [1.29, 1.82) is 0 Å². The quantitative estimate of drug-likeness (QED) is 0.636. The number of methoxy groups -OCH3 is 2. The third kappa shape index (κ3) is 7.34. The summed E-state index contributed by atoms with van der Waals surface area (Å²) in [7, 11) is 3.38. The van der Waals surface area contributed by atoms with E-state index in [0.717, 1.165) is 37.6 Å². The second-order valence-electron chi connectivity index (χ2n) is 5.54. The fourth-order valence-electron chi connectivity index (χ4n) is 2.02. The SMILES string of the molecule is COCCNCc1ccc(OC)c(OCCCC(C)C)c1. The third-order valence-electron chi connectivity index (χ3n) is 3.22. The summed E-state index contributed by atoms with van der Waals surface area (Å²) in [6, 6.07) is 6.07. The molecule has 0 unspecified atom stereocenters. The first-order chi connectivity index (χ1) is 10.2. The smallest absolute Gasteiger partial charge is 0.161 e. The van der Waals surface area contributed by atoms with Gasteiger partial charge in [-0.2, -0.15) is 0 Å². The van der Waals surface area contributed by atoms with Gasteiger partial charge in [0.15, 0.2) is 11.5 Å². The Kier molecular flexibility index (Phi) is 8.87. The standard InChI is InChI=1S/C17H29NO3/c1-14(2)6-5-10-21-17-12-15(7-8-16(17)20-4)13-18-9-11-19-3/h7-8,12,14,18H,5-6,9-11,13H2,1-4H3. The van der Waals surface area contributed by atoms with Crippen LogP contribution in [0.5, 0.6) is 11.5 Å². The Morgan fingerprint density at radius 3 is 2.57 bits per heavy atom. The lowest BCUT2D eigenvalue weighted by molar-refractivity contribution is 0.199. The minimum Gasteiger partial charge on any atom is -0.493 e. The minimum absolute atomic E-state index is 0.715. The average Bonchev–Trinajstić information content (AvgIpc) is 2.48. The highest BCUT2D eigenvalue weighted by atomic mass is 16.5. The zero-order valence-electron chi connectivity index (χ0n) is 13.8. The maximum Gasteiger partial charge on any atom is 0.161 e. The summed E-state index contributed by atoms with van der Waals surface area (Å²) in [4.78, 5) is 0. The molecule has 0 saturated heterocycles. The molecule has 0 heterocycles. The van der Waals surface area contributed by atoms with Gasteiger partial charge in [0, 0.05) is 20.2 Å². The average molecular weight is 295 g/mol. The van der Waals surface area contributed by atoms with Gasteiger partial charge in [0.25, 0.3) is 0 Å². The zero-order valence-corrected chi connectivity index (χ0v) is 13.8. The molecule has 0 bridgehead atoms. The van der Waals surface area contributed by atoms with Gasteiger partial charge in [0.1, 0.15) is 0 Å². The van der Waals surface area contributed by atoms with Gasteiger partial charge in [-0.25, -0.2) is 0 Å². The maximum atomic E-state index is 5.87. The van der Waals surface area contributed by atoms with Crippen LogP contribution in [0.3, 0.4) is 0 Å². The second-order valence-corrected chi connectivity index (χ2v) is 5.54. The van der Waals surface area contributed by atoms with Gasteiger partial charge < -0.3 is 19.5 Å². The Morgan fingerprint density at radius 1 is 1.10 bits per heavy atom. The molecule has 0 aliphatic rings. The largest absolute Gasteiger partial charge is 0.493 e. The molecule has 120 valence electrons. The monoisotopic (exact) mass is 295 g/mol. The summed E-state index contributed by atoms with van der Waals surface area (Å²) in [6.07, 6.45) is 2.25. The normalized spacial score (nSPS) is 10.9. The van der Waals surface area contributed by atoms with Crippen molar-refractivity contribution >= 4 is 0 Å². The van der Waals surface area contributed by atoms with E-state index in [1.165, 1.54) is 12.0 Å². The van der Waals surface area contributed by atoms with Crippen LogP contribution >= 0.6 is 0 Å². The Bertz CT molecular complexity index is 394. The highest BCUT2D eigenvalue weighted by molar-refractivity contribution is 5.42. The van der Waals surface area contributed by atoms with Crippen LogP contribution in [-0.4, -0.2) is 34.0 Å². The minimum atomic E-state index is 0.715. The molecule has 0 aliphatic heterocycles. The number of benzene rings is 1. The van der Waals surface area contributed by atoms with Gasteiger partial charge in [-0.1, -0.05) is 19.9 Å². The van der Waals surface area contributed by atoms with E-state index in [1.54, 1.807) is 14.2 Å². The van der Waals surface area contributed by atoms with Crippen molar-refractivity contribution in [2.75, 3.05) is 34.0 Å². The summed E-state index contributed by atoms with van der Waals surface area (Å²) in [5.74, 6) is 2.33. The first-order valence-corrected chi connectivity index (χ1v) is 7.66. The van der Waals surface area contributed by atoms with Crippen molar-refractivity contribution in [3.63, 3.8) is 0 Å². The van der Waals surface area contributed by atoms with Crippen molar-refractivity contribution in [2.45, 2.75) is 33.2 Å². The molecule has 0 saturated carbocycles. The van der Waals surface area contributed by atoms with E-state index >= 15 is 0 Å². The molecule has 0 fully saturated rings. The van der Waals surface area contributed by atoms with Crippen LogP contribution in [0.4, 0.5) is 0 Å². The van der Waals surface area contributed by atoms with Crippen molar-refractivity contribution in [3.05, 3.63) is 23.8 Å². The van der Waals surface area contributed by atoms with Crippen molar-refractivity contribution < 1.29 is 14.2 Å². The third-order valence-corrected chi connectivity index (χ3v) is 3.22. The Morgan fingerprint density at radius 2 is 1.90 bits per heavy atom. The van der Waals surface area contributed by atoms with Crippen LogP contribution in [0, 0.1) is 5.92 Å². The van der Waals surface area contributed by atoms with Crippen LogP contribution in [0.2, 0.25) is 0 Å². The summed E-state index contributed by atoms with van der Waals surface area (Å²) < 4.78 is 16.2. The fourth-order valence-corrected chi connectivity index (χ4v) is 2.02. The maximum absolute atomic E-state index is 5.87. The molecule has 0 amide bonds. The van der Waals surface area contributed by atoms with Gasteiger partial charge in [-0.15, -0.1) is 0 Å². The highest BCUT2D eigenvalue weighted by Crippen LogP contribution is 2.28. The van der Waals surface area contributed by atoms with E-state index in [4.69, 9.17) is 14.2 Å². The molecule has 0 radical (unpaired) electrons. The number of hydrogen-bond donors (Lipinski definition) is 1. The van der Waals surface area contributed by atoms with E-state index in [9.17, 15) is 0 Å². The van der Waals surface area contributed by atoms with E-state index in [1.807, 2.05) is 12.1 Å². The van der Waals surface area contributed by atoms with Crippen LogP contribution in [0.25, 0.3) is 0 Å². The molecule has 4 heteroatoms. The molecule has 1 aromatic rings. The summed E-state index contributed by atoms with van der Waals surface area (Å²) in [6.45, 7) is 7.55. The predicted molar refractivity (Wildman–Crippen MR) is 86.1 cm³/mol. The van der Waals surface area contributed by atoms with E-state index in [0.29, 0.717) is 12.5 Å². The van der Waals surface area contributed by atoms with E-state index < -0.39 is 0 Å². The van der Waals surface area contributed by atoms with Crippen molar-refractivity contribution in [2.24, 2.45) is 5.92 Å². The Labute approximate surface area is 128 Å². The molecule has 0 atom stereocenters. The molecule has 1 aromatic carbocycles.